The molecule has 1 fully saturated rings. The molecule has 0 aliphatic carbocycles. The summed E-state index contributed by atoms with van der Waals surface area (Å²) >= 11 is 0. The first-order chi connectivity index (χ1) is 16.3. The third-order valence-electron chi connectivity index (χ3n) is 5.35. The van der Waals surface area contributed by atoms with Gasteiger partial charge in [0.15, 0.2) is 0 Å². The fourth-order valence-electron chi connectivity index (χ4n) is 3.69. The number of allylic oxidation sites excluding steroid dienone is 1. The van der Waals surface area contributed by atoms with Gasteiger partial charge >= 0.3 is 11.7 Å². The molecule has 0 spiro atoms. The van der Waals surface area contributed by atoms with Crippen LogP contribution in [0.4, 0.5) is 17.1 Å². The SMILES string of the molecule is CCOC(=O)C(/C(=N\Nc1ccc([N+](=O)[O-])cc1[N+](=O)[O-])c1ccccc1)=C1\CCCCN1C. The van der Waals surface area contributed by atoms with Crippen molar-refractivity contribution >= 4 is 28.7 Å². The summed E-state index contributed by atoms with van der Waals surface area (Å²) in [6.45, 7) is 2.65. The fraction of sp³-hybridized carbons (Fsp3) is 0.304. The van der Waals surface area contributed by atoms with Crippen molar-refractivity contribution in [2.45, 2.75) is 26.2 Å². The number of rotatable bonds is 8. The molecular weight excluding hydrogens is 442 g/mol. The Morgan fingerprint density at radius 1 is 1.12 bits per heavy atom. The van der Waals surface area contributed by atoms with E-state index >= 15 is 0 Å². The van der Waals surface area contributed by atoms with Gasteiger partial charge in [-0.25, -0.2) is 4.79 Å². The smallest absolute Gasteiger partial charge is 0.342 e. The number of esters is 1. The van der Waals surface area contributed by atoms with E-state index in [0.29, 0.717) is 12.0 Å². The van der Waals surface area contributed by atoms with Gasteiger partial charge < -0.3 is 9.64 Å². The van der Waals surface area contributed by atoms with E-state index in [0.717, 1.165) is 37.2 Å². The lowest BCUT2D eigenvalue weighted by molar-refractivity contribution is -0.393. The van der Waals surface area contributed by atoms with Crippen LogP contribution in [-0.2, 0) is 9.53 Å². The summed E-state index contributed by atoms with van der Waals surface area (Å²) in [6, 6.07) is 12.2. The molecule has 2 aromatic rings. The van der Waals surface area contributed by atoms with Crippen LogP contribution in [-0.4, -0.2) is 46.6 Å². The van der Waals surface area contributed by atoms with Gasteiger partial charge in [-0.3, -0.25) is 25.7 Å². The zero-order chi connectivity index (χ0) is 24.7. The van der Waals surface area contributed by atoms with Crippen molar-refractivity contribution in [3.63, 3.8) is 0 Å². The molecule has 1 N–H and O–H groups in total. The molecule has 0 radical (unpaired) electrons. The number of carbonyl (C=O) groups excluding carboxylic acids is 1. The van der Waals surface area contributed by atoms with Crippen LogP contribution in [0, 0.1) is 20.2 Å². The van der Waals surface area contributed by atoms with Crippen molar-refractivity contribution in [3.8, 4) is 0 Å². The molecule has 34 heavy (non-hydrogen) atoms. The number of hydrogen-bond acceptors (Lipinski definition) is 9. The molecule has 0 unspecified atom stereocenters. The van der Waals surface area contributed by atoms with Gasteiger partial charge in [0.05, 0.1) is 22.5 Å². The van der Waals surface area contributed by atoms with E-state index in [1.165, 1.54) is 6.07 Å². The molecule has 178 valence electrons. The number of hydrogen-bond donors (Lipinski definition) is 1. The first-order valence-corrected chi connectivity index (χ1v) is 10.8. The van der Waals surface area contributed by atoms with Crippen LogP contribution < -0.4 is 5.43 Å². The fourth-order valence-corrected chi connectivity index (χ4v) is 3.69. The van der Waals surface area contributed by atoms with Crippen LogP contribution in [0.5, 0.6) is 0 Å². The second-order valence-corrected chi connectivity index (χ2v) is 7.57. The summed E-state index contributed by atoms with van der Waals surface area (Å²) in [6.07, 6.45) is 2.53. The van der Waals surface area contributed by atoms with E-state index in [9.17, 15) is 25.0 Å². The number of likely N-dealkylation sites (tertiary alicyclic amines) is 1. The molecule has 1 heterocycles. The maximum Gasteiger partial charge on any atom is 0.342 e. The van der Waals surface area contributed by atoms with Gasteiger partial charge in [-0.2, -0.15) is 5.10 Å². The Labute approximate surface area is 196 Å². The largest absolute Gasteiger partial charge is 0.462 e. The number of benzene rings is 2. The zero-order valence-electron chi connectivity index (χ0n) is 18.9. The molecule has 0 atom stereocenters. The number of carbonyl (C=O) groups is 1. The molecular formula is C23H25N5O6. The van der Waals surface area contributed by atoms with Gasteiger partial charge in [-0.1, -0.05) is 30.3 Å². The molecule has 1 aliphatic heterocycles. The number of nitro groups is 2. The normalized spacial score (nSPS) is 15.5. The summed E-state index contributed by atoms with van der Waals surface area (Å²) < 4.78 is 5.35. The molecule has 1 aliphatic rings. The van der Waals surface area contributed by atoms with Crippen LogP contribution in [0.1, 0.15) is 31.7 Å². The maximum absolute atomic E-state index is 13.1. The van der Waals surface area contributed by atoms with Crippen molar-refractivity contribution in [1.82, 2.24) is 4.90 Å². The molecule has 1 saturated heterocycles. The van der Waals surface area contributed by atoms with E-state index in [1.54, 1.807) is 31.2 Å². The first kappa shape index (κ1) is 24.4. The quantitative estimate of drug-likeness (QED) is 0.200. The predicted molar refractivity (Wildman–Crippen MR) is 126 cm³/mol. The van der Waals surface area contributed by atoms with Crippen molar-refractivity contribution in [2.75, 3.05) is 25.6 Å². The minimum absolute atomic E-state index is 0.0470. The Balaban J connectivity index is 2.17. The van der Waals surface area contributed by atoms with E-state index in [-0.39, 0.29) is 23.6 Å². The Bertz CT molecular complexity index is 1150. The average Bonchev–Trinajstić information content (AvgIpc) is 2.83. The van der Waals surface area contributed by atoms with E-state index < -0.39 is 27.2 Å². The Morgan fingerprint density at radius 3 is 2.47 bits per heavy atom. The summed E-state index contributed by atoms with van der Waals surface area (Å²) in [5.74, 6) is -0.547. The van der Waals surface area contributed by atoms with Gasteiger partial charge in [0.2, 0.25) is 0 Å². The van der Waals surface area contributed by atoms with Crippen molar-refractivity contribution < 1.29 is 19.4 Å². The molecule has 11 heteroatoms. The minimum Gasteiger partial charge on any atom is -0.462 e. The zero-order valence-corrected chi connectivity index (χ0v) is 18.9. The highest BCUT2D eigenvalue weighted by Gasteiger charge is 2.28. The molecule has 2 aromatic carbocycles. The predicted octanol–water partition coefficient (Wildman–Crippen LogP) is 4.25. The van der Waals surface area contributed by atoms with E-state index in [1.807, 2.05) is 18.0 Å². The van der Waals surface area contributed by atoms with Gasteiger partial charge in [0, 0.05) is 30.9 Å². The van der Waals surface area contributed by atoms with Crippen molar-refractivity contribution in [3.05, 3.63) is 85.6 Å². The lowest BCUT2D eigenvalue weighted by Gasteiger charge is -2.30. The average molecular weight is 467 g/mol. The highest BCUT2D eigenvalue weighted by molar-refractivity contribution is 6.27. The van der Waals surface area contributed by atoms with Gasteiger partial charge in [0.1, 0.15) is 17.0 Å². The molecule has 0 amide bonds. The van der Waals surface area contributed by atoms with Crippen LogP contribution in [0.2, 0.25) is 0 Å². The number of anilines is 1. The molecule has 0 bridgehead atoms. The van der Waals surface area contributed by atoms with E-state index in [4.69, 9.17) is 4.74 Å². The van der Waals surface area contributed by atoms with Crippen LogP contribution in [0.15, 0.2) is 64.9 Å². The highest BCUT2D eigenvalue weighted by Crippen LogP contribution is 2.30. The number of piperidine rings is 1. The van der Waals surface area contributed by atoms with Gasteiger partial charge in [0.25, 0.3) is 5.69 Å². The number of nitro benzene ring substituents is 2. The maximum atomic E-state index is 13.1. The summed E-state index contributed by atoms with van der Waals surface area (Å²) in [7, 11) is 1.89. The molecule has 0 aromatic heterocycles. The Morgan fingerprint density at radius 2 is 1.85 bits per heavy atom. The van der Waals surface area contributed by atoms with Crippen LogP contribution in [0.3, 0.4) is 0 Å². The second kappa shape index (κ2) is 11.0. The van der Waals surface area contributed by atoms with Crippen LogP contribution in [0.25, 0.3) is 0 Å². The lowest BCUT2D eigenvalue weighted by Crippen LogP contribution is -2.30. The molecule has 11 nitrogen and oxygen atoms in total. The number of nitrogens with zero attached hydrogens (tertiary/aromatic N) is 4. The van der Waals surface area contributed by atoms with E-state index in [2.05, 4.69) is 10.5 Å². The third kappa shape index (κ3) is 5.55. The Hall–Kier alpha value is -4.28. The van der Waals surface area contributed by atoms with Gasteiger partial charge in [-0.05, 0) is 32.3 Å². The number of nitrogens with one attached hydrogen (secondary N) is 1. The topological polar surface area (TPSA) is 140 Å². The summed E-state index contributed by atoms with van der Waals surface area (Å²) in [5.41, 5.74) is 3.59. The van der Waals surface area contributed by atoms with Gasteiger partial charge in [-0.15, -0.1) is 0 Å². The second-order valence-electron chi connectivity index (χ2n) is 7.57. The third-order valence-corrected chi connectivity index (χ3v) is 5.35. The van der Waals surface area contributed by atoms with Crippen molar-refractivity contribution in [2.24, 2.45) is 5.10 Å². The van der Waals surface area contributed by atoms with Crippen molar-refractivity contribution in [1.29, 1.82) is 0 Å². The summed E-state index contributed by atoms with van der Waals surface area (Å²) in [4.78, 5) is 36.2. The number of non-ortho nitro benzene ring substituents is 1. The molecule has 0 saturated carbocycles. The van der Waals surface area contributed by atoms with Crippen LogP contribution >= 0.6 is 0 Å². The lowest BCUT2D eigenvalue weighted by atomic mass is 9.95. The monoisotopic (exact) mass is 467 g/mol. The number of ether oxygens (including phenoxy) is 1. The number of hydrazone groups is 1. The Kier molecular flexibility index (Phi) is 7.91. The summed E-state index contributed by atoms with van der Waals surface area (Å²) in [5, 5.41) is 27.0. The standard InChI is InChI=1S/C23H25N5O6/c1-3-34-23(29)21(19-11-7-8-14-26(19)2)22(16-9-5-4-6-10-16)25-24-18-13-12-17(27(30)31)15-20(18)28(32)33/h4-6,9-10,12-13,15,24H,3,7-8,11,14H2,1-2H3/b21-19+,25-22-. The minimum atomic E-state index is -0.729. The highest BCUT2D eigenvalue weighted by atomic mass is 16.6. The molecule has 3 rings (SSSR count). The first-order valence-electron chi connectivity index (χ1n) is 10.8.